The fourth-order valence-corrected chi connectivity index (χ4v) is 2.56. The summed E-state index contributed by atoms with van der Waals surface area (Å²) in [5.41, 5.74) is 1.37. The Labute approximate surface area is 111 Å². The molecule has 2 N–H and O–H groups in total. The summed E-state index contributed by atoms with van der Waals surface area (Å²) in [4.78, 5) is 30.4. The minimum absolute atomic E-state index is 0.0657. The number of carbonyl (C=O) groups excluding carboxylic acids is 1. The van der Waals surface area contributed by atoms with Crippen molar-refractivity contribution >= 4 is 34.6 Å². The number of benzene rings is 1. The molecule has 0 spiro atoms. The summed E-state index contributed by atoms with van der Waals surface area (Å²) >= 11 is 1.52. The van der Waals surface area contributed by atoms with Crippen LogP contribution in [0.1, 0.15) is 20.7 Å². The predicted molar refractivity (Wildman–Crippen MR) is 71.8 cm³/mol. The minimum Gasteiger partial charge on any atom is -0.478 e. The van der Waals surface area contributed by atoms with Gasteiger partial charge in [0.15, 0.2) is 6.29 Å². The second kappa shape index (κ2) is 4.33. The van der Waals surface area contributed by atoms with Crippen molar-refractivity contribution in [2.75, 3.05) is 0 Å². The lowest BCUT2D eigenvalue weighted by Gasteiger charge is -1.96. The fourth-order valence-electron chi connectivity index (χ4n) is 1.89. The zero-order valence-corrected chi connectivity index (χ0v) is 10.4. The molecule has 0 saturated heterocycles. The first kappa shape index (κ1) is 11.6. The second-order valence-electron chi connectivity index (χ2n) is 3.95. The van der Waals surface area contributed by atoms with Gasteiger partial charge in [0.25, 0.3) is 0 Å². The molecule has 0 atom stereocenters. The summed E-state index contributed by atoms with van der Waals surface area (Å²) in [6, 6.07) is 6.61. The highest BCUT2D eigenvalue weighted by Crippen LogP contribution is 2.26. The number of nitrogens with one attached hydrogen (secondary N) is 1. The topological polar surface area (TPSA) is 83.0 Å². The van der Waals surface area contributed by atoms with Crippen molar-refractivity contribution < 1.29 is 14.7 Å². The summed E-state index contributed by atoms with van der Waals surface area (Å²) in [7, 11) is 0. The number of nitrogens with zero attached hydrogens (tertiary/aromatic N) is 1. The minimum atomic E-state index is -1.07. The number of imidazole rings is 1. The van der Waals surface area contributed by atoms with Crippen molar-refractivity contribution in [1.29, 1.82) is 0 Å². The molecule has 94 valence electrons. The molecule has 19 heavy (non-hydrogen) atoms. The van der Waals surface area contributed by atoms with Crippen LogP contribution in [-0.4, -0.2) is 27.3 Å². The van der Waals surface area contributed by atoms with Gasteiger partial charge in [-0.3, -0.25) is 4.79 Å². The van der Waals surface area contributed by atoms with Gasteiger partial charge in [0.1, 0.15) is 5.82 Å². The van der Waals surface area contributed by atoms with E-state index in [4.69, 9.17) is 5.11 Å². The molecule has 0 bridgehead atoms. The summed E-state index contributed by atoms with van der Waals surface area (Å²) in [6.45, 7) is 0. The third-order valence-electron chi connectivity index (χ3n) is 2.74. The number of carbonyl (C=O) groups is 2. The first-order valence-corrected chi connectivity index (χ1v) is 6.33. The number of H-pyrrole nitrogens is 1. The summed E-state index contributed by atoms with van der Waals surface area (Å²) < 4.78 is 0. The number of aromatic nitrogens is 2. The average molecular weight is 272 g/mol. The van der Waals surface area contributed by atoms with Crippen molar-refractivity contribution in [2.24, 2.45) is 0 Å². The Kier molecular flexibility index (Phi) is 2.64. The molecule has 0 unspecified atom stereocenters. The van der Waals surface area contributed by atoms with Crippen LogP contribution < -0.4 is 0 Å². The van der Waals surface area contributed by atoms with E-state index in [1.807, 2.05) is 17.5 Å². The number of aromatic carboxylic acids is 1. The van der Waals surface area contributed by atoms with Crippen LogP contribution in [0.4, 0.5) is 0 Å². The van der Waals surface area contributed by atoms with Gasteiger partial charge in [-0.05, 0) is 23.6 Å². The third kappa shape index (κ3) is 1.92. The van der Waals surface area contributed by atoms with Gasteiger partial charge in [0.2, 0.25) is 0 Å². The van der Waals surface area contributed by atoms with Gasteiger partial charge < -0.3 is 10.1 Å². The van der Waals surface area contributed by atoms with E-state index in [0.29, 0.717) is 23.1 Å². The molecule has 0 fully saturated rings. The number of hydrogen-bond acceptors (Lipinski definition) is 4. The van der Waals surface area contributed by atoms with E-state index in [1.165, 1.54) is 23.5 Å². The van der Waals surface area contributed by atoms with E-state index in [0.717, 1.165) is 4.88 Å². The van der Waals surface area contributed by atoms with E-state index in [2.05, 4.69) is 9.97 Å². The van der Waals surface area contributed by atoms with Crippen LogP contribution in [0.5, 0.6) is 0 Å². The molecule has 0 amide bonds. The maximum atomic E-state index is 11.0. The van der Waals surface area contributed by atoms with Crippen molar-refractivity contribution in [3.05, 3.63) is 40.8 Å². The molecule has 0 aliphatic carbocycles. The number of rotatable bonds is 3. The van der Waals surface area contributed by atoms with Crippen LogP contribution in [0.25, 0.3) is 21.7 Å². The first-order chi connectivity index (χ1) is 9.19. The molecule has 5 nitrogen and oxygen atoms in total. The smallest absolute Gasteiger partial charge is 0.335 e. The Morgan fingerprint density at radius 1 is 1.42 bits per heavy atom. The zero-order chi connectivity index (χ0) is 13.4. The number of fused-ring (bicyclic) bond motifs is 1. The van der Waals surface area contributed by atoms with Crippen LogP contribution in [0.15, 0.2) is 29.6 Å². The largest absolute Gasteiger partial charge is 0.478 e. The third-order valence-corrected chi connectivity index (χ3v) is 3.62. The van der Waals surface area contributed by atoms with Crippen LogP contribution >= 0.6 is 11.3 Å². The maximum absolute atomic E-state index is 11.0. The van der Waals surface area contributed by atoms with Crippen LogP contribution in [0, 0.1) is 0 Å². The second-order valence-corrected chi connectivity index (χ2v) is 4.90. The Morgan fingerprint density at radius 2 is 2.26 bits per heavy atom. The molecule has 2 aromatic heterocycles. The number of aromatic amines is 1. The molecule has 0 aliphatic heterocycles. The molecule has 2 heterocycles. The van der Waals surface area contributed by atoms with E-state index < -0.39 is 5.97 Å². The Bertz CT molecular complexity index is 775. The Morgan fingerprint density at radius 3 is 2.89 bits per heavy atom. The average Bonchev–Trinajstić information content (AvgIpc) is 3.05. The van der Waals surface area contributed by atoms with Gasteiger partial charge in [-0.2, -0.15) is 0 Å². The molecule has 0 radical (unpaired) electrons. The SMILES string of the molecule is O=Cc1cc(C(=O)O)cc2[nH]c(-c3cccs3)nc12. The van der Waals surface area contributed by atoms with E-state index >= 15 is 0 Å². The highest BCUT2D eigenvalue weighted by atomic mass is 32.1. The van der Waals surface area contributed by atoms with E-state index in [-0.39, 0.29) is 11.1 Å². The van der Waals surface area contributed by atoms with Crippen LogP contribution in [0.2, 0.25) is 0 Å². The molecule has 0 aliphatic rings. The number of thiophene rings is 1. The number of hydrogen-bond donors (Lipinski definition) is 2. The van der Waals surface area contributed by atoms with Gasteiger partial charge in [0, 0.05) is 5.56 Å². The van der Waals surface area contributed by atoms with Gasteiger partial charge >= 0.3 is 5.97 Å². The van der Waals surface area contributed by atoms with E-state index in [1.54, 1.807) is 0 Å². The standard InChI is InChI=1S/C13H8N2O3S/c16-6-8-4-7(13(17)18)5-9-11(8)15-12(14-9)10-2-1-3-19-10/h1-6H,(H,14,15)(H,17,18). The van der Waals surface area contributed by atoms with Gasteiger partial charge in [-0.25, -0.2) is 9.78 Å². The normalized spacial score (nSPS) is 10.7. The number of carboxylic acid groups (broad SMARTS) is 1. The van der Waals surface area contributed by atoms with Crippen LogP contribution in [0.3, 0.4) is 0 Å². The highest BCUT2D eigenvalue weighted by Gasteiger charge is 2.13. The maximum Gasteiger partial charge on any atom is 0.335 e. The molecular formula is C13H8N2O3S. The first-order valence-electron chi connectivity index (χ1n) is 5.45. The zero-order valence-electron chi connectivity index (χ0n) is 9.58. The lowest BCUT2D eigenvalue weighted by atomic mass is 10.1. The predicted octanol–water partition coefficient (Wildman–Crippen LogP) is 2.80. The monoisotopic (exact) mass is 272 g/mol. The van der Waals surface area contributed by atoms with Crippen molar-refractivity contribution in [1.82, 2.24) is 9.97 Å². The summed E-state index contributed by atoms with van der Waals surface area (Å²) in [6.07, 6.45) is 0.619. The van der Waals surface area contributed by atoms with Crippen molar-refractivity contribution in [3.63, 3.8) is 0 Å². The van der Waals surface area contributed by atoms with E-state index in [9.17, 15) is 9.59 Å². The Hall–Kier alpha value is -2.47. The van der Waals surface area contributed by atoms with Gasteiger partial charge in [0.05, 0.1) is 21.5 Å². The molecule has 1 aromatic carbocycles. The van der Waals surface area contributed by atoms with Gasteiger partial charge in [-0.15, -0.1) is 11.3 Å². The highest BCUT2D eigenvalue weighted by molar-refractivity contribution is 7.13. The van der Waals surface area contributed by atoms with Crippen LogP contribution in [-0.2, 0) is 0 Å². The summed E-state index contributed by atoms with van der Waals surface area (Å²) in [5.74, 6) is -0.437. The fraction of sp³-hybridized carbons (Fsp3) is 0. The Balaban J connectivity index is 2.27. The molecule has 0 saturated carbocycles. The number of aldehydes is 1. The quantitative estimate of drug-likeness (QED) is 0.718. The van der Waals surface area contributed by atoms with Crippen molar-refractivity contribution in [3.8, 4) is 10.7 Å². The molecule has 3 aromatic rings. The van der Waals surface area contributed by atoms with Gasteiger partial charge in [-0.1, -0.05) is 6.07 Å². The lowest BCUT2D eigenvalue weighted by Crippen LogP contribution is -1.98. The molecular weight excluding hydrogens is 264 g/mol. The molecule has 3 rings (SSSR count). The molecule has 6 heteroatoms. The lowest BCUT2D eigenvalue weighted by molar-refractivity contribution is 0.0697. The summed E-state index contributed by atoms with van der Waals surface area (Å²) in [5, 5.41) is 10.9. The number of carboxylic acids is 1. The van der Waals surface area contributed by atoms with Crippen molar-refractivity contribution in [2.45, 2.75) is 0 Å².